The number of anilines is 1. The number of pyridine rings is 1. The molecule has 0 bridgehead atoms. The zero-order valence-corrected chi connectivity index (χ0v) is 6.67. The predicted molar refractivity (Wildman–Crippen MR) is 40.5 cm³/mol. The van der Waals surface area contributed by atoms with Crippen LogP contribution in [0.5, 0.6) is 0 Å². The number of nitrogens with two attached hydrogens (primary N) is 1. The molecule has 1 rings (SSSR count). The van der Waals surface area contributed by atoms with Crippen molar-refractivity contribution in [3.05, 3.63) is 23.1 Å². The van der Waals surface area contributed by atoms with Gasteiger partial charge in [0.1, 0.15) is 11.4 Å². The molecule has 0 saturated heterocycles. The number of rotatable bonds is 2. The summed E-state index contributed by atoms with van der Waals surface area (Å²) in [7, 11) is 0. The fourth-order valence-corrected chi connectivity index (χ4v) is 0.873. The molecule has 3 N–H and O–H groups in total. The minimum Gasteiger partial charge on any atom is -0.477 e. The van der Waals surface area contributed by atoms with Crippen molar-refractivity contribution in [1.82, 2.24) is 4.98 Å². The Morgan fingerprint density at radius 3 is 2.57 bits per heavy atom. The highest BCUT2D eigenvalue weighted by Gasteiger charge is 2.23. The van der Waals surface area contributed by atoms with E-state index < -0.39 is 35.2 Å². The molecule has 1 aromatic rings. The van der Waals surface area contributed by atoms with Gasteiger partial charge in [0.05, 0.1) is 5.56 Å². The number of alkyl halides is 2. The number of halogens is 3. The summed E-state index contributed by atoms with van der Waals surface area (Å²) in [5.74, 6) is -3.89. The number of aromatic carboxylic acids is 1. The maximum absolute atomic E-state index is 13.1. The van der Waals surface area contributed by atoms with Crippen LogP contribution in [0.25, 0.3) is 0 Å². The van der Waals surface area contributed by atoms with Crippen LogP contribution in [0, 0.1) is 5.82 Å². The highest BCUT2D eigenvalue weighted by molar-refractivity contribution is 5.93. The van der Waals surface area contributed by atoms with Crippen molar-refractivity contribution in [2.45, 2.75) is 6.43 Å². The summed E-state index contributed by atoms with van der Waals surface area (Å²) in [5, 5.41) is 8.45. The maximum atomic E-state index is 13.1. The van der Waals surface area contributed by atoms with Crippen LogP contribution in [-0.4, -0.2) is 16.1 Å². The monoisotopic (exact) mass is 206 g/mol. The zero-order valence-electron chi connectivity index (χ0n) is 6.67. The molecule has 0 radical (unpaired) electrons. The van der Waals surface area contributed by atoms with Gasteiger partial charge in [-0.05, 0) is 0 Å². The van der Waals surface area contributed by atoms with Gasteiger partial charge in [-0.3, -0.25) is 0 Å². The topological polar surface area (TPSA) is 76.2 Å². The van der Waals surface area contributed by atoms with Gasteiger partial charge in [0, 0.05) is 6.20 Å². The highest BCUT2D eigenvalue weighted by Crippen LogP contribution is 2.25. The molecule has 4 nitrogen and oxygen atoms in total. The normalized spacial score (nSPS) is 10.6. The lowest BCUT2D eigenvalue weighted by molar-refractivity contribution is 0.0691. The van der Waals surface area contributed by atoms with Crippen LogP contribution in [0.1, 0.15) is 22.3 Å². The molecule has 0 atom stereocenters. The summed E-state index contributed by atoms with van der Waals surface area (Å²) in [6.07, 6.45) is -2.61. The Bertz CT molecular complexity index is 381. The molecule has 0 amide bonds. The van der Waals surface area contributed by atoms with E-state index in [9.17, 15) is 18.0 Å². The Balaban J connectivity index is 3.41. The van der Waals surface area contributed by atoms with Crippen LogP contribution in [0.2, 0.25) is 0 Å². The summed E-state index contributed by atoms with van der Waals surface area (Å²) in [5.41, 5.74) is 2.92. The summed E-state index contributed by atoms with van der Waals surface area (Å²) in [6, 6.07) is 0. The fourth-order valence-electron chi connectivity index (χ4n) is 0.873. The second kappa shape index (κ2) is 3.52. The molecule has 0 aliphatic heterocycles. The average Bonchev–Trinajstić information content (AvgIpc) is 2.02. The molecule has 0 saturated carbocycles. The highest BCUT2D eigenvalue weighted by atomic mass is 19.3. The van der Waals surface area contributed by atoms with Crippen molar-refractivity contribution < 1.29 is 23.1 Å². The van der Waals surface area contributed by atoms with E-state index in [0.29, 0.717) is 6.20 Å². The molecular formula is C7H5F3N2O2. The van der Waals surface area contributed by atoms with E-state index in [1.807, 2.05) is 0 Å². The van der Waals surface area contributed by atoms with Crippen LogP contribution >= 0.6 is 0 Å². The Labute approximate surface area is 76.2 Å². The second-order valence-corrected chi connectivity index (χ2v) is 2.39. The molecule has 0 aromatic carbocycles. The average molecular weight is 206 g/mol. The minimum absolute atomic E-state index is 0.516. The lowest BCUT2D eigenvalue weighted by Gasteiger charge is -2.05. The number of aromatic nitrogens is 1. The Morgan fingerprint density at radius 1 is 1.57 bits per heavy atom. The van der Waals surface area contributed by atoms with Gasteiger partial charge < -0.3 is 10.8 Å². The first-order valence-corrected chi connectivity index (χ1v) is 3.40. The standard InChI is InChI=1S/C7H5F3N2O2/c8-4-2(5(9)10)1-12-6(11)3(4)7(13)14/h1,5H,(H2,11,12)(H,13,14). The number of carboxylic acid groups (broad SMARTS) is 1. The van der Waals surface area contributed by atoms with Crippen molar-refractivity contribution in [1.29, 1.82) is 0 Å². The van der Waals surface area contributed by atoms with Crippen molar-refractivity contribution in [2.75, 3.05) is 5.73 Å². The number of nitrogens with zero attached hydrogens (tertiary/aromatic N) is 1. The molecule has 1 aromatic heterocycles. The number of nitrogen functional groups attached to an aromatic ring is 1. The van der Waals surface area contributed by atoms with E-state index in [4.69, 9.17) is 10.8 Å². The van der Waals surface area contributed by atoms with Gasteiger partial charge in [-0.15, -0.1) is 0 Å². The summed E-state index contributed by atoms with van der Waals surface area (Å²) in [4.78, 5) is 13.6. The molecule has 14 heavy (non-hydrogen) atoms. The van der Waals surface area contributed by atoms with Gasteiger partial charge >= 0.3 is 5.97 Å². The van der Waals surface area contributed by atoms with Crippen LogP contribution in [0.3, 0.4) is 0 Å². The molecule has 0 unspecified atom stereocenters. The van der Waals surface area contributed by atoms with E-state index in [1.54, 1.807) is 0 Å². The summed E-state index contributed by atoms with van der Waals surface area (Å²) >= 11 is 0. The fraction of sp³-hybridized carbons (Fsp3) is 0.143. The van der Waals surface area contributed by atoms with E-state index in [0.717, 1.165) is 0 Å². The first-order chi connectivity index (χ1) is 6.45. The van der Waals surface area contributed by atoms with E-state index in [-0.39, 0.29) is 0 Å². The van der Waals surface area contributed by atoms with Gasteiger partial charge in [0.15, 0.2) is 5.82 Å². The smallest absolute Gasteiger partial charge is 0.342 e. The van der Waals surface area contributed by atoms with Crippen LogP contribution in [-0.2, 0) is 0 Å². The van der Waals surface area contributed by atoms with Crippen molar-refractivity contribution in [3.8, 4) is 0 Å². The third kappa shape index (κ3) is 1.61. The Morgan fingerprint density at radius 2 is 2.14 bits per heavy atom. The van der Waals surface area contributed by atoms with Gasteiger partial charge in [-0.2, -0.15) is 0 Å². The quantitative estimate of drug-likeness (QED) is 0.767. The predicted octanol–water partition coefficient (Wildman–Crippen LogP) is 1.44. The molecule has 0 aliphatic carbocycles. The van der Waals surface area contributed by atoms with Crippen LogP contribution in [0.4, 0.5) is 19.0 Å². The molecule has 7 heteroatoms. The van der Waals surface area contributed by atoms with Crippen molar-refractivity contribution in [2.24, 2.45) is 0 Å². The maximum Gasteiger partial charge on any atom is 0.342 e. The van der Waals surface area contributed by atoms with Crippen LogP contribution in [0.15, 0.2) is 6.20 Å². The Hall–Kier alpha value is -1.79. The van der Waals surface area contributed by atoms with Crippen molar-refractivity contribution in [3.63, 3.8) is 0 Å². The second-order valence-electron chi connectivity index (χ2n) is 2.39. The first-order valence-electron chi connectivity index (χ1n) is 3.40. The minimum atomic E-state index is -3.12. The number of carbonyl (C=O) groups is 1. The molecule has 0 fully saturated rings. The van der Waals surface area contributed by atoms with Crippen LogP contribution < -0.4 is 5.73 Å². The molecule has 1 heterocycles. The molecular weight excluding hydrogens is 201 g/mol. The van der Waals surface area contributed by atoms with E-state index >= 15 is 0 Å². The lowest BCUT2D eigenvalue weighted by atomic mass is 10.1. The number of carboxylic acids is 1. The third-order valence-electron chi connectivity index (χ3n) is 1.52. The Kier molecular flexibility index (Phi) is 2.59. The van der Waals surface area contributed by atoms with Gasteiger partial charge in [0.25, 0.3) is 6.43 Å². The summed E-state index contributed by atoms with van der Waals surface area (Å²) < 4.78 is 37.2. The number of hydrogen-bond donors (Lipinski definition) is 2. The zero-order chi connectivity index (χ0) is 10.9. The van der Waals surface area contributed by atoms with Crippen molar-refractivity contribution >= 4 is 11.8 Å². The molecule has 0 spiro atoms. The SMILES string of the molecule is Nc1ncc(C(F)F)c(F)c1C(=O)O. The first kappa shape index (κ1) is 10.3. The van der Waals surface area contributed by atoms with E-state index in [2.05, 4.69) is 4.98 Å². The van der Waals surface area contributed by atoms with E-state index in [1.165, 1.54) is 0 Å². The third-order valence-corrected chi connectivity index (χ3v) is 1.52. The van der Waals surface area contributed by atoms with Gasteiger partial charge in [-0.25, -0.2) is 22.9 Å². The van der Waals surface area contributed by atoms with Gasteiger partial charge in [0.2, 0.25) is 0 Å². The number of hydrogen-bond acceptors (Lipinski definition) is 3. The molecule has 0 aliphatic rings. The molecule has 76 valence electrons. The summed E-state index contributed by atoms with van der Waals surface area (Å²) in [6.45, 7) is 0. The van der Waals surface area contributed by atoms with Gasteiger partial charge in [-0.1, -0.05) is 0 Å². The lowest BCUT2D eigenvalue weighted by Crippen LogP contribution is -2.10. The largest absolute Gasteiger partial charge is 0.477 e.